The molecule has 1 N–H and O–H groups in total. The van der Waals surface area contributed by atoms with E-state index in [2.05, 4.69) is 5.32 Å². The Morgan fingerprint density at radius 1 is 0.919 bits per heavy atom. The van der Waals surface area contributed by atoms with E-state index in [4.69, 9.17) is 23.2 Å². The SMILES string of the molecule is Cc1ccc(CN(C(=O)Cc2ccc(Cl)cc2Cl)[C@@H](Cc2ccccc2)C(=O)NC2CCCCC2)cc1. The first-order chi connectivity index (χ1) is 17.9. The van der Waals surface area contributed by atoms with Gasteiger partial charge in [-0.3, -0.25) is 9.59 Å². The molecule has 1 saturated carbocycles. The Labute approximate surface area is 230 Å². The largest absolute Gasteiger partial charge is 0.352 e. The molecule has 0 radical (unpaired) electrons. The van der Waals surface area contributed by atoms with Crippen molar-refractivity contribution in [3.05, 3.63) is 105 Å². The maximum absolute atomic E-state index is 13.9. The lowest BCUT2D eigenvalue weighted by atomic mass is 9.94. The van der Waals surface area contributed by atoms with Gasteiger partial charge in [0.2, 0.25) is 11.8 Å². The fourth-order valence-corrected chi connectivity index (χ4v) is 5.39. The van der Waals surface area contributed by atoms with Crippen LogP contribution in [0.3, 0.4) is 0 Å². The van der Waals surface area contributed by atoms with E-state index in [-0.39, 0.29) is 24.3 Å². The zero-order valence-corrected chi connectivity index (χ0v) is 22.8. The highest BCUT2D eigenvalue weighted by Crippen LogP contribution is 2.24. The molecule has 1 atom stereocenters. The second kappa shape index (κ2) is 13.1. The van der Waals surface area contributed by atoms with Crippen LogP contribution in [-0.2, 0) is 29.0 Å². The summed E-state index contributed by atoms with van der Waals surface area (Å²) in [5, 5.41) is 4.24. The van der Waals surface area contributed by atoms with Gasteiger partial charge in [-0.1, -0.05) is 109 Å². The Balaban J connectivity index is 1.66. The summed E-state index contributed by atoms with van der Waals surface area (Å²) in [6, 6.07) is 22.7. The van der Waals surface area contributed by atoms with E-state index in [9.17, 15) is 9.59 Å². The quantitative estimate of drug-likeness (QED) is 0.322. The molecular weight excluding hydrogens is 503 g/mol. The van der Waals surface area contributed by atoms with E-state index in [1.165, 1.54) is 6.42 Å². The molecule has 1 fully saturated rings. The fourth-order valence-electron chi connectivity index (χ4n) is 4.92. The lowest BCUT2D eigenvalue weighted by Gasteiger charge is -2.33. The summed E-state index contributed by atoms with van der Waals surface area (Å²) in [6.07, 6.45) is 5.94. The molecule has 4 rings (SSSR count). The van der Waals surface area contributed by atoms with Crippen LogP contribution in [0.4, 0.5) is 0 Å². The highest BCUT2D eigenvalue weighted by atomic mass is 35.5. The van der Waals surface area contributed by atoms with Gasteiger partial charge in [-0.05, 0) is 48.6 Å². The summed E-state index contributed by atoms with van der Waals surface area (Å²) >= 11 is 12.5. The Kier molecular flexibility index (Phi) is 9.65. The van der Waals surface area contributed by atoms with E-state index in [0.29, 0.717) is 28.6 Å². The molecule has 0 unspecified atom stereocenters. The summed E-state index contributed by atoms with van der Waals surface area (Å²) in [4.78, 5) is 29.4. The molecule has 194 valence electrons. The molecule has 2 amide bonds. The van der Waals surface area contributed by atoms with Crippen LogP contribution in [0.2, 0.25) is 10.0 Å². The summed E-state index contributed by atoms with van der Waals surface area (Å²) in [5.41, 5.74) is 3.82. The average Bonchev–Trinajstić information content (AvgIpc) is 2.90. The van der Waals surface area contributed by atoms with E-state index in [1.54, 1.807) is 23.1 Å². The molecule has 0 spiro atoms. The number of nitrogens with zero attached hydrogens (tertiary/aromatic N) is 1. The van der Waals surface area contributed by atoms with Gasteiger partial charge < -0.3 is 10.2 Å². The lowest BCUT2D eigenvalue weighted by molar-refractivity contribution is -0.141. The Morgan fingerprint density at radius 2 is 1.62 bits per heavy atom. The van der Waals surface area contributed by atoms with Crippen molar-refractivity contribution in [1.82, 2.24) is 10.2 Å². The Hall–Kier alpha value is -2.82. The van der Waals surface area contributed by atoms with Gasteiger partial charge in [0.15, 0.2) is 0 Å². The minimum Gasteiger partial charge on any atom is -0.352 e. The molecule has 0 aliphatic heterocycles. The van der Waals surface area contributed by atoms with Gasteiger partial charge >= 0.3 is 0 Å². The van der Waals surface area contributed by atoms with Gasteiger partial charge in [-0.2, -0.15) is 0 Å². The molecule has 0 saturated heterocycles. The molecule has 1 aliphatic rings. The van der Waals surface area contributed by atoms with E-state index >= 15 is 0 Å². The van der Waals surface area contributed by atoms with Gasteiger partial charge in [-0.25, -0.2) is 0 Å². The van der Waals surface area contributed by atoms with Crippen molar-refractivity contribution in [3.63, 3.8) is 0 Å². The summed E-state index contributed by atoms with van der Waals surface area (Å²) in [6.45, 7) is 2.37. The molecule has 0 bridgehead atoms. The average molecular weight is 538 g/mol. The molecule has 3 aromatic rings. The number of aryl methyl sites for hydroxylation is 1. The predicted molar refractivity (Wildman–Crippen MR) is 151 cm³/mol. The minimum absolute atomic E-state index is 0.0872. The third-order valence-electron chi connectivity index (χ3n) is 7.05. The van der Waals surface area contributed by atoms with Gasteiger partial charge in [0, 0.05) is 29.1 Å². The van der Waals surface area contributed by atoms with Crippen molar-refractivity contribution in [3.8, 4) is 0 Å². The van der Waals surface area contributed by atoms with Gasteiger partial charge in [0.05, 0.1) is 6.42 Å². The Bertz CT molecular complexity index is 1190. The zero-order valence-electron chi connectivity index (χ0n) is 21.3. The highest BCUT2D eigenvalue weighted by molar-refractivity contribution is 6.35. The number of carbonyl (C=O) groups excluding carboxylic acids is 2. The highest BCUT2D eigenvalue weighted by Gasteiger charge is 2.32. The number of hydrogen-bond donors (Lipinski definition) is 1. The van der Waals surface area contributed by atoms with Gasteiger partial charge in [-0.15, -0.1) is 0 Å². The van der Waals surface area contributed by atoms with Crippen LogP contribution >= 0.6 is 23.2 Å². The van der Waals surface area contributed by atoms with Crippen LogP contribution in [0.1, 0.15) is 54.4 Å². The van der Waals surface area contributed by atoms with Crippen molar-refractivity contribution in [1.29, 1.82) is 0 Å². The van der Waals surface area contributed by atoms with Crippen molar-refractivity contribution in [2.24, 2.45) is 0 Å². The molecular formula is C31H34Cl2N2O2. The maximum Gasteiger partial charge on any atom is 0.243 e. The summed E-state index contributed by atoms with van der Waals surface area (Å²) in [7, 11) is 0. The van der Waals surface area contributed by atoms with Crippen LogP contribution in [-0.4, -0.2) is 28.8 Å². The topological polar surface area (TPSA) is 49.4 Å². The van der Waals surface area contributed by atoms with Gasteiger partial charge in [0.25, 0.3) is 0 Å². The third-order valence-corrected chi connectivity index (χ3v) is 7.64. The third kappa shape index (κ3) is 7.83. The number of hydrogen-bond acceptors (Lipinski definition) is 2. The summed E-state index contributed by atoms with van der Waals surface area (Å²) in [5.74, 6) is -0.247. The number of rotatable bonds is 9. The van der Waals surface area contributed by atoms with E-state index in [1.807, 2.05) is 61.5 Å². The first-order valence-electron chi connectivity index (χ1n) is 13.0. The number of nitrogens with one attached hydrogen (secondary N) is 1. The van der Waals surface area contributed by atoms with Crippen molar-refractivity contribution < 1.29 is 9.59 Å². The second-order valence-electron chi connectivity index (χ2n) is 9.97. The number of amides is 2. The molecule has 37 heavy (non-hydrogen) atoms. The monoisotopic (exact) mass is 536 g/mol. The van der Waals surface area contributed by atoms with Crippen LogP contribution in [0, 0.1) is 6.92 Å². The molecule has 6 heteroatoms. The second-order valence-corrected chi connectivity index (χ2v) is 10.8. The van der Waals surface area contributed by atoms with E-state index < -0.39 is 6.04 Å². The van der Waals surface area contributed by atoms with Gasteiger partial charge in [0.1, 0.15) is 6.04 Å². The Morgan fingerprint density at radius 3 is 2.30 bits per heavy atom. The summed E-state index contributed by atoms with van der Waals surface area (Å²) < 4.78 is 0. The molecule has 0 aromatic heterocycles. The van der Waals surface area contributed by atoms with Crippen LogP contribution in [0.25, 0.3) is 0 Å². The zero-order chi connectivity index (χ0) is 26.2. The van der Waals surface area contributed by atoms with Crippen LogP contribution in [0.15, 0.2) is 72.8 Å². The van der Waals surface area contributed by atoms with Crippen molar-refractivity contribution in [2.45, 2.75) is 70.5 Å². The van der Waals surface area contributed by atoms with Crippen molar-refractivity contribution >= 4 is 35.0 Å². The first-order valence-corrected chi connectivity index (χ1v) is 13.8. The lowest BCUT2D eigenvalue weighted by Crippen LogP contribution is -2.53. The number of carbonyl (C=O) groups is 2. The van der Waals surface area contributed by atoms with E-state index in [0.717, 1.165) is 42.4 Å². The molecule has 0 heterocycles. The molecule has 4 nitrogen and oxygen atoms in total. The first kappa shape index (κ1) is 27.2. The van der Waals surface area contributed by atoms with Crippen LogP contribution < -0.4 is 5.32 Å². The maximum atomic E-state index is 13.9. The predicted octanol–water partition coefficient (Wildman–Crippen LogP) is 6.93. The fraction of sp³-hybridized carbons (Fsp3) is 0.355. The normalized spacial score (nSPS) is 14.7. The number of benzene rings is 3. The molecule has 3 aromatic carbocycles. The number of halogens is 2. The van der Waals surface area contributed by atoms with Crippen molar-refractivity contribution in [2.75, 3.05) is 0 Å². The molecule has 1 aliphatic carbocycles. The smallest absolute Gasteiger partial charge is 0.243 e. The van der Waals surface area contributed by atoms with Crippen LogP contribution in [0.5, 0.6) is 0 Å². The standard InChI is InChI=1S/C31H34Cl2N2O2/c1-22-12-14-24(15-13-22)21-35(30(36)19-25-16-17-26(32)20-28(25)33)29(18-23-8-4-2-5-9-23)31(37)34-27-10-6-3-7-11-27/h2,4-5,8-9,12-17,20,27,29H,3,6-7,10-11,18-19,21H2,1H3,(H,34,37)/t29-/m0/s1. The minimum atomic E-state index is -0.649.